The molecule has 3 amide bonds. The number of methoxy groups -OCH3 is 1. The first-order valence-corrected chi connectivity index (χ1v) is 11.0. The average molecular weight is 545 g/mol. The number of rotatable bonds is 4. The number of aromatic nitrogens is 2. The molecule has 2 heterocycles. The zero-order valence-corrected chi connectivity index (χ0v) is 21.0. The van der Waals surface area contributed by atoms with E-state index in [-0.39, 0.29) is 43.0 Å². The largest absolute Gasteiger partial charge is 0.452 e. The summed E-state index contributed by atoms with van der Waals surface area (Å²) >= 11 is 24.9. The molecule has 0 aliphatic carbocycles. The van der Waals surface area contributed by atoms with E-state index in [4.69, 9.17) is 46.4 Å². The number of pyridine rings is 1. The third-order valence-corrected chi connectivity index (χ3v) is 5.87. The molecule has 3 rings (SSSR count). The molecule has 0 radical (unpaired) electrons. The summed E-state index contributed by atoms with van der Waals surface area (Å²) in [5, 5.41) is 4.21. The fraction of sp³-hybridized carbons (Fsp3) is 0.143. The molecule has 2 N–H and O–H groups in total. The Morgan fingerprint density at radius 3 is 2.44 bits per heavy atom. The van der Waals surface area contributed by atoms with Gasteiger partial charge in [0.05, 0.1) is 28.4 Å². The molecule has 0 fully saturated rings. The topological polar surface area (TPSA) is 106 Å². The summed E-state index contributed by atoms with van der Waals surface area (Å²) in [6.07, 6.45) is 0.631. The first-order valence-electron chi connectivity index (χ1n) is 9.47. The van der Waals surface area contributed by atoms with Crippen molar-refractivity contribution in [2.45, 2.75) is 6.92 Å². The van der Waals surface area contributed by atoms with Gasteiger partial charge in [-0.05, 0) is 42.8 Å². The Kier molecular flexibility index (Phi) is 7.93. The van der Waals surface area contributed by atoms with Gasteiger partial charge in [0, 0.05) is 18.3 Å². The number of nitrogens with one attached hydrogen (secondary N) is 2. The van der Waals surface area contributed by atoms with Crippen molar-refractivity contribution in [2.75, 3.05) is 19.5 Å². The molecule has 2 aromatic heterocycles. The predicted molar refractivity (Wildman–Crippen MR) is 130 cm³/mol. The molecule has 0 aliphatic rings. The van der Waals surface area contributed by atoms with Gasteiger partial charge in [0.1, 0.15) is 10.8 Å². The number of carbonyl (C=O) groups excluding carboxylic acids is 3. The third kappa shape index (κ3) is 5.23. The molecule has 3 aromatic rings. The number of aryl methyl sites for hydroxylation is 1. The van der Waals surface area contributed by atoms with Crippen molar-refractivity contribution >= 4 is 70.0 Å². The number of hydrogen-bond acceptors (Lipinski definition) is 5. The van der Waals surface area contributed by atoms with Crippen LogP contribution < -0.4 is 10.7 Å². The van der Waals surface area contributed by atoms with Crippen molar-refractivity contribution in [1.82, 2.24) is 20.0 Å². The van der Waals surface area contributed by atoms with Crippen LogP contribution in [0.2, 0.25) is 20.2 Å². The smallest absolute Gasteiger partial charge is 0.425 e. The van der Waals surface area contributed by atoms with E-state index in [2.05, 4.69) is 20.5 Å². The van der Waals surface area contributed by atoms with E-state index in [1.165, 1.54) is 29.9 Å². The summed E-state index contributed by atoms with van der Waals surface area (Å²) in [5.74, 6) is -1.12. The van der Waals surface area contributed by atoms with Crippen LogP contribution in [0, 0.1) is 6.92 Å². The fourth-order valence-electron chi connectivity index (χ4n) is 3.04. The summed E-state index contributed by atoms with van der Waals surface area (Å²) < 4.78 is 5.79. The number of anilines is 1. The summed E-state index contributed by atoms with van der Waals surface area (Å²) in [5.41, 5.74) is 2.91. The van der Waals surface area contributed by atoms with E-state index < -0.39 is 17.9 Å². The van der Waals surface area contributed by atoms with Gasteiger partial charge in [-0.1, -0.05) is 46.4 Å². The van der Waals surface area contributed by atoms with Crippen LogP contribution in [0.25, 0.3) is 5.82 Å². The molecular formula is C21H17Cl4N5O4. The van der Waals surface area contributed by atoms with Crippen molar-refractivity contribution in [1.29, 1.82) is 0 Å². The minimum atomic E-state index is -0.852. The maximum Gasteiger partial charge on any atom is 0.425 e. The van der Waals surface area contributed by atoms with Crippen LogP contribution in [-0.2, 0) is 4.74 Å². The molecule has 0 unspecified atom stereocenters. The van der Waals surface area contributed by atoms with Crippen molar-refractivity contribution < 1.29 is 19.1 Å². The monoisotopic (exact) mass is 543 g/mol. The number of amides is 3. The first-order chi connectivity index (χ1) is 16.0. The number of ether oxygens (including phenoxy) is 1. The number of hydrogen-bond donors (Lipinski definition) is 2. The molecule has 0 saturated carbocycles. The van der Waals surface area contributed by atoms with E-state index in [1.54, 1.807) is 25.1 Å². The third-order valence-electron chi connectivity index (χ3n) is 4.60. The lowest BCUT2D eigenvalue weighted by atomic mass is 10.1. The standard InChI is InChI=1S/C21H17Cl4N5O4/c1-10-7-11(22)8-12(20(32)29(2)28-21(33)34-3)16(10)27-19(31)15-9-14(24)17(25)30(15)18-13(23)5-4-6-26-18/h4-9H,1-3H3,(H,27,31)(H,28,33). The van der Waals surface area contributed by atoms with E-state index in [1.807, 2.05) is 0 Å². The van der Waals surface area contributed by atoms with Crippen LogP contribution in [0.4, 0.5) is 10.5 Å². The minimum absolute atomic E-state index is 0.0171. The van der Waals surface area contributed by atoms with Gasteiger partial charge in [-0.2, -0.15) is 0 Å². The second kappa shape index (κ2) is 10.5. The molecule has 9 nitrogen and oxygen atoms in total. The van der Waals surface area contributed by atoms with Crippen molar-refractivity contribution in [3.63, 3.8) is 0 Å². The van der Waals surface area contributed by atoms with Crippen molar-refractivity contribution in [2.24, 2.45) is 0 Å². The molecule has 0 aliphatic heterocycles. The Bertz CT molecular complexity index is 1290. The van der Waals surface area contributed by atoms with Gasteiger partial charge in [-0.15, -0.1) is 0 Å². The molecule has 0 saturated heterocycles. The second-order valence-electron chi connectivity index (χ2n) is 6.88. The molecule has 34 heavy (non-hydrogen) atoms. The maximum absolute atomic E-state index is 13.3. The van der Waals surface area contributed by atoms with Gasteiger partial charge in [0.2, 0.25) is 0 Å². The van der Waals surface area contributed by atoms with Gasteiger partial charge in [0.25, 0.3) is 11.8 Å². The molecule has 1 aromatic carbocycles. The number of carbonyl (C=O) groups is 3. The van der Waals surface area contributed by atoms with Crippen LogP contribution in [-0.4, -0.2) is 46.6 Å². The molecule has 0 atom stereocenters. The summed E-state index contributed by atoms with van der Waals surface area (Å²) in [6, 6.07) is 7.48. The zero-order chi connectivity index (χ0) is 25.2. The lowest BCUT2D eigenvalue weighted by Gasteiger charge is -2.21. The Labute approximate surface area is 214 Å². The number of halogens is 4. The van der Waals surface area contributed by atoms with E-state index in [0.29, 0.717) is 5.56 Å². The Morgan fingerprint density at radius 1 is 1.09 bits per heavy atom. The predicted octanol–water partition coefficient (Wildman–Crippen LogP) is 5.39. The highest BCUT2D eigenvalue weighted by Crippen LogP contribution is 2.33. The Morgan fingerprint density at radius 2 is 1.79 bits per heavy atom. The summed E-state index contributed by atoms with van der Waals surface area (Å²) in [4.78, 5) is 42.0. The highest BCUT2D eigenvalue weighted by molar-refractivity contribution is 6.42. The van der Waals surface area contributed by atoms with E-state index >= 15 is 0 Å². The van der Waals surface area contributed by atoms with Gasteiger partial charge in [-0.3, -0.25) is 19.2 Å². The maximum atomic E-state index is 13.3. The molecular weight excluding hydrogens is 528 g/mol. The van der Waals surface area contributed by atoms with Crippen LogP contribution in [0.3, 0.4) is 0 Å². The van der Waals surface area contributed by atoms with Crippen LogP contribution in [0.1, 0.15) is 26.4 Å². The normalized spacial score (nSPS) is 10.6. The fourth-order valence-corrected chi connectivity index (χ4v) is 3.93. The average Bonchev–Trinajstić information content (AvgIpc) is 3.09. The summed E-state index contributed by atoms with van der Waals surface area (Å²) in [6.45, 7) is 1.65. The summed E-state index contributed by atoms with van der Waals surface area (Å²) in [7, 11) is 2.47. The minimum Gasteiger partial charge on any atom is -0.452 e. The number of benzene rings is 1. The van der Waals surface area contributed by atoms with Crippen molar-refractivity contribution in [3.05, 3.63) is 73.6 Å². The highest BCUT2D eigenvalue weighted by Gasteiger charge is 2.25. The Hall–Kier alpha value is -2.98. The molecule has 0 bridgehead atoms. The lowest BCUT2D eigenvalue weighted by molar-refractivity contribution is 0.0691. The van der Waals surface area contributed by atoms with E-state index in [9.17, 15) is 14.4 Å². The number of nitrogens with zero attached hydrogens (tertiary/aromatic N) is 3. The lowest BCUT2D eigenvalue weighted by Crippen LogP contribution is -2.43. The van der Waals surface area contributed by atoms with Crippen LogP contribution in [0.5, 0.6) is 0 Å². The second-order valence-corrected chi connectivity index (χ2v) is 8.49. The molecule has 178 valence electrons. The van der Waals surface area contributed by atoms with Gasteiger partial charge in [0.15, 0.2) is 5.82 Å². The van der Waals surface area contributed by atoms with Crippen molar-refractivity contribution in [3.8, 4) is 5.82 Å². The van der Waals surface area contributed by atoms with Crippen LogP contribution in [0.15, 0.2) is 36.5 Å². The SMILES string of the molecule is COC(=O)NN(C)C(=O)c1cc(Cl)cc(C)c1NC(=O)c1cc(Cl)c(Cl)n1-c1ncccc1Cl. The number of hydrazine groups is 1. The van der Waals surface area contributed by atoms with E-state index in [0.717, 1.165) is 12.1 Å². The van der Waals surface area contributed by atoms with Gasteiger partial charge < -0.3 is 10.1 Å². The van der Waals surface area contributed by atoms with Gasteiger partial charge >= 0.3 is 6.09 Å². The Balaban J connectivity index is 2.04. The highest BCUT2D eigenvalue weighted by atomic mass is 35.5. The molecule has 0 spiro atoms. The first kappa shape index (κ1) is 25.6. The zero-order valence-electron chi connectivity index (χ0n) is 18.0. The molecule has 13 heteroatoms. The quantitative estimate of drug-likeness (QED) is 0.428. The van der Waals surface area contributed by atoms with Crippen LogP contribution >= 0.6 is 46.4 Å². The van der Waals surface area contributed by atoms with Gasteiger partial charge in [-0.25, -0.2) is 15.2 Å².